The highest BCUT2D eigenvalue weighted by Crippen LogP contribution is 2.43. The second-order valence-electron chi connectivity index (χ2n) is 9.62. The number of rotatable bonds is 7. The number of hydrogen-bond donors (Lipinski definition) is 5. The van der Waals surface area contributed by atoms with E-state index in [-0.39, 0.29) is 5.69 Å². The van der Waals surface area contributed by atoms with Crippen LogP contribution in [0.15, 0.2) is 30.5 Å². The molecule has 1 aliphatic heterocycles. The van der Waals surface area contributed by atoms with Gasteiger partial charge in [-0.05, 0) is 12.8 Å². The Hall–Kier alpha value is -3.11. The molecule has 1 aromatic heterocycles. The minimum Gasteiger partial charge on any atom is -0.477 e. The SMILES string of the molecule is N#Cc1c2ccccc2cn1[C@H]1C(F)C(F)(C(=O)O)O[C@@H]([C@H](O)[C@H](O)CO)[C@@H]1NC(=O)C1CCCCC1. The topological polar surface area (TPSA) is 165 Å². The molecule has 2 unspecified atom stereocenters. The molecule has 2 heterocycles. The van der Waals surface area contributed by atoms with Crippen LogP contribution < -0.4 is 5.32 Å². The Bertz CT molecular complexity index is 1190. The molecule has 2 aliphatic rings. The molecule has 0 spiro atoms. The third-order valence-electron chi connectivity index (χ3n) is 7.36. The first-order valence-corrected chi connectivity index (χ1v) is 12.1. The third-order valence-corrected chi connectivity index (χ3v) is 7.36. The van der Waals surface area contributed by atoms with Crippen LogP contribution in [-0.2, 0) is 14.3 Å². The molecule has 1 aromatic carbocycles. The predicted molar refractivity (Wildman–Crippen MR) is 125 cm³/mol. The summed E-state index contributed by atoms with van der Waals surface area (Å²) >= 11 is 0. The number of alkyl halides is 2. The molecule has 2 aromatic rings. The van der Waals surface area contributed by atoms with Crippen LogP contribution in [0.25, 0.3) is 10.8 Å². The van der Waals surface area contributed by atoms with Gasteiger partial charge in [-0.3, -0.25) is 4.79 Å². The Morgan fingerprint density at radius 1 is 1.24 bits per heavy atom. The van der Waals surface area contributed by atoms with Crippen molar-refractivity contribution < 1.29 is 43.5 Å². The van der Waals surface area contributed by atoms with Crippen LogP contribution in [0.4, 0.5) is 8.78 Å². The average Bonchev–Trinajstić information content (AvgIpc) is 3.28. The van der Waals surface area contributed by atoms with Gasteiger partial charge in [0.05, 0.1) is 18.7 Å². The van der Waals surface area contributed by atoms with E-state index in [9.17, 15) is 35.3 Å². The molecule has 37 heavy (non-hydrogen) atoms. The van der Waals surface area contributed by atoms with Crippen LogP contribution in [0.2, 0.25) is 0 Å². The van der Waals surface area contributed by atoms with E-state index in [4.69, 9.17) is 4.74 Å². The van der Waals surface area contributed by atoms with Gasteiger partial charge in [0.1, 0.15) is 30.1 Å². The standard InChI is InChI=1S/C25H29F2N3O7/c26-22-19(30-11-14-8-4-5-9-15(14)16(30)10-28)18(29-23(34)13-6-2-1-3-7-13)21(20(33)17(32)12-31)37-25(22,27)24(35)36/h4-5,8-9,11,13,17-22,31-33H,1-3,6-7,12H2,(H,29,34)(H,35,36)/t17-,18-,19-,20-,21-,22?,25?/m1/s1. The number of hydrogen-bond acceptors (Lipinski definition) is 7. The molecule has 5 N–H and O–H groups in total. The summed E-state index contributed by atoms with van der Waals surface area (Å²) in [5.41, 5.74) is -0.120. The summed E-state index contributed by atoms with van der Waals surface area (Å²) < 4.78 is 37.7. The van der Waals surface area contributed by atoms with Crippen LogP contribution in [0.3, 0.4) is 0 Å². The second-order valence-corrected chi connectivity index (χ2v) is 9.62. The number of amides is 1. The molecule has 0 radical (unpaired) electrons. The first-order chi connectivity index (χ1) is 17.6. The number of nitrogens with one attached hydrogen (secondary N) is 1. The van der Waals surface area contributed by atoms with E-state index in [0.717, 1.165) is 23.8 Å². The zero-order valence-corrected chi connectivity index (χ0v) is 19.8. The van der Waals surface area contributed by atoms with Crippen LogP contribution in [-0.4, -0.2) is 79.9 Å². The quantitative estimate of drug-likeness (QED) is 0.364. The largest absolute Gasteiger partial charge is 0.477 e. The number of carboxylic acid groups (broad SMARTS) is 1. The van der Waals surface area contributed by atoms with Gasteiger partial charge in [-0.15, -0.1) is 0 Å². The van der Waals surface area contributed by atoms with Gasteiger partial charge in [-0.1, -0.05) is 43.5 Å². The van der Waals surface area contributed by atoms with Crippen molar-refractivity contribution in [2.45, 2.75) is 74.5 Å². The fourth-order valence-corrected chi connectivity index (χ4v) is 5.37. The maximum Gasteiger partial charge on any atom is 0.372 e. The van der Waals surface area contributed by atoms with E-state index in [1.165, 1.54) is 6.20 Å². The first kappa shape index (κ1) is 26.9. The van der Waals surface area contributed by atoms with Crippen molar-refractivity contribution in [3.8, 4) is 6.07 Å². The molecule has 0 bridgehead atoms. The summed E-state index contributed by atoms with van der Waals surface area (Å²) in [4.78, 5) is 25.1. The normalized spacial score (nSPS) is 30.4. The Morgan fingerprint density at radius 2 is 1.92 bits per heavy atom. The number of carbonyl (C=O) groups is 2. The predicted octanol–water partition coefficient (Wildman–Crippen LogP) is 1.32. The molecule has 4 rings (SSSR count). The van der Waals surface area contributed by atoms with E-state index in [0.29, 0.717) is 23.6 Å². The first-order valence-electron chi connectivity index (χ1n) is 12.1. The molecule has 10 nitrogen and oxygen atoms in total. The molecule has 1 saturated carbocycles. The fourth-order valence-electron chi connectivity index (χ4n) is 5.37. The Labute approximate surface area is 211 Å². The van der Waals surface area contributed by atoms with Crippen molar-refractivity contribution in [2.24, 2.45) is 5.92 Å². The lowest BCUT2D eigenvalue weighted by atomic mass is 9.84. The number of halogens is 2. The number of carbonyl (C=O) groups excluding carboxylic acids is 1. The minimum absolute atomic E-state index is 0.120. The molecule has 12 heteroatoms. The minimum atomic E-state index is -4.00. The number of aromatic nitrogens is 1. The summed E-state index contributed by atoms with van der Waals surface area (Å²) in [6.45, 7) is -1.00. The lowest BCUT2D eigenvalue weighted by Gasteiger charge is -2.48. The van der Waals surface area contributed by atoms with Gasteiger partial charge in [0, 0.05) is 22.9 Å². The molecular weight excluding hydrogens is 492 g/mol. The van der Waals surface area contributed by atoms with Gasteiger partial charge in [0.25, 0.3) is 0 Å². The number of nitrogens with zero attached hydrogens (tertiary/aromatic N) is 2. The van der Waals surface area contributed by atoms with Gasteiger partial charge in [0.15, 0.2) is 6.17 Å². The summed E-state index contributed by atoms with van der Waals surface area (Å²) in [7, 11) is 0. The highest BCUT2D eigenvalue weighted by Gasteiger charge is 2.64. The van der Waals surface area contributed by atoms with Crippen molar-refractivity contribution >= 4 is 22.6 Å². The van der Waals surface area contributed by atoms with Crippen LogP contribution in [0.1, 0.15) is 43.8 Å². The third kappa shape index (κ3) is 4.80. The number of carboxylic acids is 1. The van der Waals surface area contributed by atoms with Gasteiger partial charge in [-0.25, -0.2) is 9.18 Å². The number of aliphatic hydroxyl groups is 3. The number of aliphatic hydroxyl groups excluding tert-OH is 3. The number of ether oxygens (including phenoxy) is 1. The van der Waals surface area contributed by atoms with E-state index in [1.54, 1.807) is 24.3 Å². The highest BCUT2D eigenvalue weighted by molar-refractivity contribution is 5.88. The van der Waals surface area contributed by atoms with Crippen molar-refractivity contribution in [3.05, 3.63) is 36.2 Å². The Kier molecular flexibility index (Phi) is 7.80. The molecular formula is C25H29F2N3O7. The number of fused-ring (bicyclic) bond motifs is 1. The lowest BCUT2D eigenvalue weighted by Crippen LogP contribution is -2.69. The van der Waals surface area contributed by atoms with Gasteiger partial charge >= 0.3 is 11.8 Å². The molecule has 1 amide bonds. The van der Waals surface area contributed by atoms with Crippen molar-refractivity contribution in [2.75, 3.05) is 6.61 Å². The molecule has 2 fully saturated rings. The van der Waals surface area contributed by atoms with Crippen LogP contribution in [0.5, 0.6) is 0 Å². The van der Waals surface area contributed by atoms with Crippen molar-refractivity contribution in [1.82, 2.24) is 9.88 Å². The van der Waals surface area contributed by atoms with E-state index in [1.807, 2.05) is 6.07 Å². The van der Waals surface area contributed by atoms with Gasteiger partial charge in [-0.2, -0.15) is 9.65 Å². The summed E-state index contributed by atoms with van der Waals surface area (Å²) in [6.07, 6.45) is -4.01. The van der Waals surface area contributed by atoms with Crippen molar-refractivity contribution in [3.63, 3.8) is 0 Å². The summed E-state index contributed by atoms with van der Waals surface area (Å²) in [5.74, 6) is -7.31. The van der Waals surface area contributed by atoms with E-state index in [2.05, 4.69) is 5.32 Å². The zero-order chi connectivity index (χ0) is 26.9. The summed E-state index contributed by atoms with van der Waals surface area (Å²) in [5, 5.41) is 53.1. The molecule has 7 atom stereocenters. The molecule has 1 aliphatic carbocycles. The van der Waals surface area contributed by atoms with Gasteiger partial charge < -0.3 is 35.0 Å². The van der Waals surface area contributed by atoms with Crippen LogP contribution >= 0.6 is 0 Å². The highest BCUT2D eigenvalue weighted by atomic mass is 19.2. The second kappa shape index (κ2) is 10.7. The smallest absolute Gasteiger partial charge is 0.372 e. The lowest BCUT2D eigenvalue weighted by molar-refractivity contribution is -0.282. The fraction of sp³-hybridized carbons (Fsp3) is 0.560. The van der Waals surface area contributed by atoms with Crippen LogP contribution in [0, 0.1) is 17.2 Å². The van der Waals surface area contributed by atoms with Crippen molar-refractivity contribution in [1.29, 1.82) is 5.26 Å². The monoisotopic (exact) mass is 521 g/mol. The molecule has 1 saturated heterocycles. The zero-order valence-electron chi connectivity index (χ0n) is 19.8. The summed E-state index contributed by atoms with van der Waals surface area (Å²) in [6, 6.07) is 4.94. The Balaban J connectivity index is 1.88. The Morgan fingerprint density at radius 3 is 2.54 bits per heavy atom. The maximum atomic E-state index is 16.0. The average molecular weight is 522 g/mol. The molecule has 200 valence electrons. The number of aliphatic carboxylic acids is 1. The van der Waals surface area contributed by atoms with Gasteiger partial charge in [0.2, 0.25) is 5.91 Å². The number of nitriles is 1. The number of benzene rings is 1. The maximum absolute atomic E-state index is 16.0. The van der Waals surface area contributed by atoms with E-state index < -0.39 is 66.8 Å². The van der Waals surface area contributed by atoms with E-state index >= 15 is 8.78 Å².